The third-order valence-electron chi connectivity index (χ3n) is 4.19. The molecule has 6 heteroatoms. The summed E-state index contributed by atoms with van der Waals surface area (Å²) < 4.78 is 1.91. The SMILES string of the molecule is Cc1c(CN2CCN(C(=O)C(C)O)CC2)cc(C#N)n1C. The lowest BCUT2D eigenvalue weighted by Crippen LogP contribution is -2.50. The molecule has 0 aliphatic carbocycles. The van der Waals surface area contributed by atoms with Crippen molar-refractivity contribution in [3.05, 3.63) is 23.0 Å². The fourth-order valence-corrected chi connectivity index (χ4v) is 2.66. The number of piperazine rings is 1. The van der Waals surface area contributed by atoms with Gasteiger partial charge in [0.05, 0.1) is 0 Å². The smallest absolute Gasteiger partial charge is 0.251 e. The number of nitrogens with zero attached hydrogens (tertiary/aromatic N) is 4. The molecule has 2 heterocycles. The highest BCUT2D eigenvalue weighted by Crippen LogP contribution is 2.17. The van der Waals surface area contributed by atoms with Gasteiger partial charge < -0.3 is 14.6 Å². The summed E-state index contributed by atoms with van der Waals surface area (Å²) in [6.45, 7) is 7.16. The maximum Gasteiger partial charge on any atom is 0.251 e. The summed E-state index contributed by atoms with van der Waals surface area (Å²) in [7, 11) is 1.90. The van der Waals surface area contributed by atoms with E-state index in [1.165, 1.54) is 6.92 Å². The molecule has 1 atom stereocenters. The van der Waals surface area contributed by atoms with E-state index in [9.17, 15) is 9.90 Å². The average molecular weight is 290 g/mol. The molecule has 0 saturated carbocycles. The number of rotatable bonds is 3. The topological polar surface area (TPSA) is 72.5 Å². The molecule has 6 nitrogen and oxygen atoms in total. The summed E-state index contributed by atoms with van der Waals surface area (Å²) in [6, 6.07) is 4.13. The molecule has 1 saturated heterocycles. The van der Waals surface area contributed by atoms with Crippen molar-refractivity contribution < 1.29 is 9.90 Å². The number of aliphatic hydroxyl groups is 1. The standard InChI is InChI=1S/C15H22N4O2/c1-11-13(8-14(9-16)17(11)3)10-18-4-6-19(7-5-18)15(21)12(2)20/h8,12,20H,4-7,10H2,1-3H3. The Morgan fingerprint density at radius 3 is 2.52 bits per heavy atom. The zero-order valence-corrected chi connectivity index (χ0v) is 12.8. The van der Waals surface area contributed by atoms with Crippen LogP contribution in [0.4, 0.5) is 0 Å². The quantitative estimate of drug-likeness (QED) is 0.865. The van der Waals surface area contributed by atoms with Crippen molar-refractivity contribution in [1.82, 2.24) is 14.4 Å². The molecule has 1 amide bonds. The van der Waals surface area contributed by atoms with Crippen LogP contribution in [0.5, 0.6) is 0 Å². The van der Waals surface area contributed by atoms with E-state index in [0.717, 1.165) is 30.9 Å². The summed E-state index contributed by atoms with van der Waals surface area (Å²) in [4.78, 5) is 15.7. The van der Waals surface area contributed by atoms with Crippen LogP contribution in [0, 0.1) is 18.3 Å². The Hall–Kier alpha value is -1.84. The lowest BCUT2D eigenvalue weighted by Gasteiger charge is -2.35. The van der Waals surface area contributed by atoms with Crippen LogP contribution < -0.4 is 0 Å². The van der Waals surface area contributed by atoms with Crippen LogP contribution in [0.15, 0.2) is 6.07 Å². The molecule has 114 valence electrons. The molecule has 1 aliphatic heterocycles. The molecule has 1 N–H and O–H groups in total. The van der Waals surface area contributed by atoms with E-state index in [-0.39, 0.29) is 5.91 Å². The Morgan fingerprint density at radius 1 is 1.43 bits per heavy atom. The Balaban J connectivity index is 1.95. The molecule has 0 aromatic carbocycles. The van der Waals surface area contributed by atoms with Gasteiger partial charge in [-0.15, -0.1) is 0 Å². The van der Waals surface area contributed by atoms with Crippen molar-refractivity contribution in [2.24, 2.45) is 7.05 Å². The first-order valence-corrected chi connectivity index (χ1v) is 7.18. The fraction of sp³-hybridized carbons (Fsp3) is 0.600. The zero-order chi connectivity index (χ0) is 15.6. The number of hydrogen-bond acceptors (Lipinski definition) is 4. The van der Waals surface area contributed by atoms with E-state index >= 15 is 0 Å². The van der Waals surface area contributed by atoms with Crippen molar-refractivity contribution in [2.45, 2.75) is 26.5 Å². The van der Waals surface area contributed by atoms with Crippen molar-refractivity contribution in [2.75, 3.05) is 26.2 Å². The zero-order valence-electron chi connectivity index (χ0n) is 12.8. The highest BCUT2D eigenvalue weighted by atomic mass is 16.3. The van der Waals surface area contributed by atoms with Crippen LogP contribution in [0.25, 0.3) is 0 Å². The van der Waals surface area contributed by atoms with Crippen LogP contribution in [0.1, 0.15) is 23.9 Å². The highest BCUT2D eigenvalue weighted by Gasteiger charge is 2.24. The number of hydrogen-bond donors (Lipinski definition) is 1. The van der Waals surface area contributed by atoms with Crippen LogP contribution in [0.2, 0.25) is 0 Å². The molecule has 0 spiro atoms. The number of aliphatic hydroxyl groups excluding tert-OH is 1. The fourth-order valence-electron chi connectivity index (χ4n) is 2.66. The second-order valence-electron chi connectivity index (χ2n) is 5.59. The van der Waals surface area contributed by atoms with Crippen LogP contribution in [-0.4, -0.2) is 57.7 Å². The van der Waals surface area contributed by atoms with E-state index in [4.69, 9.17) is 5.26 Å². The summed E-state index contributed by atoms with van der Waals surface area (Å²) >= 11 is 0. The number of nitriles is 1. The van der Waals surface area contributed by atoms with Gasteiger partial charge in [-0.25, -0.2) is 0 Å². The predicted octanol–water partition coefficient (Wildman–Crippen LogP) is 0.230. The van der Waals surface area contributed by atoms with Gasteiger partial charge in [-0.05, 0) is 25.5 Å². The molecule has 1 fully saturated rings. The molecule has 0 radical (unpaired) electrons. The van der Waals surface area contributed by atoms with Gasteiger partial charge in [-0.1, -0.05) is 0 Å². The number of amides is 1. The molecule has 1 aromatic rings. The van der Waals surface area contributed by atoms with Crippen molar-refractivity contribution in [3.63, 3.8) is 0 Å². The first kappa shape index (κ1) is 15.5. The monoisotopic (exact) mass is 290 g/mol. The molecule has 2 rings (SSSR count). The van der Waals surface area contributed by atoms with E-state index in [1.807, 2.05) is 24.6 Å². The summed E-state index contributed by atoms with van der Waals surface area (Å²) in [5.74, 6) is -0.197. The van der Waals surface area contributed by atoms with Crippen molar-refractivity contribution in [3.8, 4) is 6.07 Å². The lowest BCUT2D eigenvalue weighted by atomic mass is 10.2. The highest BCUT2D eigenvalue weighted by molar-refractivity contribution is 5.80. The van der Waals surface area contributed by atoms with Gasteiger partial charge in [-0.2, -0.15) is 5.26 Å². The van der Waals surface area contributed by atoms with Gasteiger partial charge in [0.25, 0.3) is 5.91 Å². The minimum atomic E-state index is -0.925. The van der Waals surface area contributed by atoms with Gasteiger partial charge in [0.2, 0.25) is 0 Å². The second kappa shape index (κ2) is 6.29. The molecule has 0 bridgehead atoms. The van der Waals surface area contributed by atoms with E-state index in [2.05, 4.69) is 11.0 Å². The average Bonchev–Trinajstić information content (AvgIpc) is 2.75. The Labute approximate surface area is 125 Å². The summed E-state index contributed by atoms with van der Waals surface area (Å²) in [6.07, 6.45) is -0.925. The second-order valence-corrected chi connectivity index (χ2v) is 5.59. The summed E-state index contributed by atoms with van der Waals surface area (Å²) in [5, 5.41) is 18.4. The molecule has 1 unspecified atom stereocenters. The molecular weight excluding hydrogens is 268 g/mol. The molecule has 1 aromatic heterocycles. The van der Waals surface area contributed by atoms with Crippen molar-refractivity contribution in [1.29, 1.82) is 5.26 Å². The van der Waals surface area contributed by atoms with Gasteiger partial charge in [-0.3, -0.25) is 9.69 Å². The van der Waals surface area contributed by atoms with Gasteiger partial charge in [0.15, 0.2) is 0 Å². The molecule has 21 heavy (non-hydrogen) atoms. The van der Waals surface area contributed by atoms with Crippen LogP contribution in [0.3, 0.4) is 0 Å². The number of carbonyl (C=O) groups excluding carboxylic acids is 1. The van der Waals surface area contributed by atoms with Crippen LogP contribution >= 0.6 is 0 Å². The lowest BCUT2D eigenvalue weighted by molar-refractivity contribution is -0.141. The van der Waals surface area contributed by atoms with Gasteiger partial charge in [0, 0.05) is 45.5 Å². The minimum Gasteiger partial charge on any atom is -0.384 e. The Kier molecular flexibility index (Phi) is 4.66. The number of carbonyl (C=O) groups is 1. The number of aromatic nitrogens is 1. The Morgan fingerprint density at radius 2 is 2.05 bits per heavy atom. The maximum absolute atomic E-state index is 11.7. The first-order valence-electron chi connectivity index (χ1n) is 7.18. The maximum atomic E-state index is 11.7. The third kappa shape index (κ3) is 3.26. The van der Waals surface area contributed by atoms with E-state index < -0.39 is 6.10 Å². The van der Waals surface area contributed by atoms with Gasteiger partial charge >= 0.3 is 0 Å². The normalized spacial score (nSPS) is 17.6. The molecule has 1 aliphatic rings. The van der Waals surface area contributed by atoms with Crippen molar-refractivity contribution >= 4 is 5.91 Å². The molecular formula is C15H22N4O2. The van der Waals surface area contributed by atoms with E-state index in [1.54, 1.807) is 4.90 Å². The Bertz CT molecular complexity index is 563. The first-order chi connectivity index (χ1) is 9.93. The van der Waals surface area contributed by atoms with Gasteiger partial charge in [0.1, 0.15) is 17.9 Å². The van der Waals surface area contributed by atoms with Crippen LogP contribution in [-0.2, 0) is 18.4 Å². The minimum absolute atomic E-state index is 0.197. The third-order valence-corrected chi connectivity index (χ3v) is 4.19. The summed E-state index contributed by atoms with van der Waals surface area (Å²) in [5.41, 5.74) is 2.93. The predicted molar refractivity (Wildman–Crippen MR) is 78.4 cm³/mol. The van der Waals surface area contributed by atoms with E-state index in [0.29, 0.717) is 18.8 Å². The largest absolute Gasteiger partial charge is 0.384 e.